The fourth-order valence-corrected chi connectivity index (χ4v) is 2.92. The van der Waals surface area contributed by atoms with E-state index in [2.05, 4.69) is 24.1 Å². The van der Waals surface area contributed by atoms with Crippen molar-refractivity contribution < 1.29 is 9.90 Å². The fourth-order valence-electron chi connectivity index (χ4n) is 2.92. The highest BCUT2D eigenvalue weighted by molar-refractivity contribution is 5.68. The molecule has 0 aliphatic carbocycles. The molecular weight excluding hydrogens is 204 g/mol. The third-order valence-electron chi connectivity index (χ3n) is 4.23. The Bertz CT molecular complexity index is 274. The lowest BCUT2D eigenvalue weighted by molar-refractivity contribution is -0.141. The summed E-state index contributed by atoms with van der Waals surface area (Å²) in [6, 6.07) is 0. The van der Waals surface area contributed by atoms with E-state index >= 15 is 0 Å². The van der Waals surface area contributed by atoms with E-state index in [-0.39, 0.29) is 12.0 Å². The van der Waals surface area contributed by atoms with Gasteiger partial charge in [-0.25, -0.2) is 0 Å². The topological polar surface area (TPSA) is 52.6 Å². The van der Waals surface area contributed by atoms with Crippen LogP contribution in [-0.2, 0) is 4.79 Å². The monoisotopic (exact) mass is 226 g/mol. The lowest BCUT2D eigenvalue weighted by Crippen LogP contribution is -2.69. The number of aliphatic carboxylic acids is 1. The van der Waals surface area contributed by atoms with Crippen molar-refractivity contribution in [3.8, 4) is 0 Å². The molecule has 0 bridgehead atoms. The lowest BCUT2D eigenvalue weighted by atomic mass is 9.86. The van der Waals surface area contributed by atoms with Crippen LogP contribution in [0.25, 0.3) is 0 Å². The van der Waals surface area contributed by atoms with Gasteiger partial charge >= 0.3 is 5.97 Å². The number of likely N-dealkylation sites (tertiary alicyclic amines) is 1. The largest absolute Gasteiger partial charge is 0.481 e. The number of hydrogen-bond acceptors (Lipinski definition) is 3. The van der Waals surface area contributed by atoms with Crippen molar-refractivity contribution in [3.05, 3.63) is 0 Å². The number of carbonyl (C=O) groups is 1. The van der Waals surface area contributed by atoms with E-state index in [0.29, 0.717) is 5.92 Å². The van der Waals surface area contributed by atoms with E-state index in [0.717, 1.165) is 32.1 Å². The number of nitrogens with zero attached hydrogens (tertiary/aromatic N) is 1. The Balaban J connectivity index is 1.98. The van der Waals surface area contributed by atoms with Gasteiger partial charge in [0.05, 0.1) is 12.0 Å². The number of carboxylic acid groups (broad SMARTS) is 1. The summed E-state index contributed by atoms with van der Waals surface area (Å²) in [4.78, 5) is 13.3. The van der Waals surface area contributed by atoms with Crippen molar-refractivity contribution in [2.45, 2.75) is 32.2 Å². The SMILES string of the molecule is CC(C)C1CCN(C2(CC(=O)O)CNC2)C1. The molecule has 2 aliphatic heterocycles. The van der Waals surface area contributed by atoms with Crippen LogP contribution in [0.3, 0.4) is 0 Å². The standard InChI is InChI=1S/C12H22N2O2/c1-9(2)10-3-4-14(6-10)12(5-11(15)16)7-13-8-12/h9-10,13H,3-8H2,1-2H3,(H,15,16). The van der Waals surface area contributed by atoms with Gasteiger partial charge in [0.15, 0.2) is 0 Å². The maximum Gasteiger partial charge on any atom is 0.305 e. The molecule has 2 rings (SSSR count). The molecule has 0 aromatic heterocycles. The molecule has 2 N–H and O–H groups in total. The number of rotatable bonds is 4. The smallest absolute Gasteiger partial charge is 0.305 e. The molecule has 1 unspecified atom stereocenters. The second kappa shape index (κ2) is 4.34. The average Bonchev–Trinajstić information content (AvgIpc) is 2.59. The van der Waals surface area contributed by atoms with Gasteiger partial charge in [-0.3, -0.25) is 9.69 Å². The van der Waals surface area contributed by atoms with Crippen LogP contribution >= 0.6 is 0 Å². The van der Waals surface area contributed by atoms with Crippen LogP contribution in [0.4, 0.5) is 0 Å². The zero-order valence-electron chi connectivity index (χ0n) is 10.2. The highest BCUT2D eigenvalue weighted by atomic mass is 16.4. The van der Waals surface area contributed by atoms with Crippen molar-refractivity contribution in [3.63, 3.8) is 0 Å². The molecule has 2 fully saturated rings. The van der Waals surface area contributed by atoms with Crippen LogP contribution < -0.4 is 5.32 Å². The minimum Gasteiger partial charge on any atom is -0.481 e. The minimum atomic E-state index is -0.672. The Morgan fingerprint density at radius 3 is 2.62 bits per heavy atom. The van der Waals surface area contributed by atoms with Crippen molar-refractivity contribution in [1.29, 1.82) is 0 Å². The van der Waals surface area contributed by atoms with Gasteiger partial charge in [-0.2, -0.15) is 0 Å². The van der Waals surface area contributed by atoms with Crippen LogP contribution in [0.5, 0.6) is 0 Å². The molecule has 4 heteroatoms. The maximum absolute atomic E-state index is 10.9. The molecule has 0 amide bonds. The minimum absolute atomic E-state index is 0.0878. The van der Waals surface area contributed by atoms with Crippen LogP contribution in [0.2, 0.25) is 0 Å². The van der Waals surface area contributed by atoms with Crippen LogP contribution in [0.1, 0.15) is 26.7 Å². The molecule has 2 saturated heterocycles. The molecule has 0 aromatic rings. The van der Waals surface area contributed by atoms with E-state index in [1.54, 1.807) is 0 Å². The maximum atomic E-state index is 10.9. The summed E-state index contributed by atoms with van der Waals surface area (Å²) >= 11 is 0. The number of nitrogens with one attached hydrogen (secondary N) is 1. The van der Waals surface area contributed by atoms with Crippen molar-refractivity contribution >= 4 is 5.97 Å². The summed E-state index contributed by atoms with van der Waals surface area (Å²) in [5.41, 5.74) is -0.0878. The van der Waals surface area contributed by atoms with Gasteiger partial charge in [0.1, 0.15) is 0 Å². The predicted octanol–water partition coefficient (Wildman–Crippen LogP) is 0.781. The lowest BCUT2D eigenvalue weighted by Gasteiger charge is -2.48. The van der Waals surface area contributed by atoms with Crippen LogP contribution in [0.15, 0.2) is 0 Å². The Hall–Kier alpha value is -0.610. The highest BCUT2D eigenvalue weighted by Gasteiger charge is 2.46. The van der Waals surface area contributed by atoms with Gasteiger partial charge in [-0.15, -0.1) is 0 Å². The van der Waals surface area contributed by atoms with Gasteiger partial charge < -0.3 is 10.4 Å². The number of hydrogen-bond donors (Lipinski definition) is 2. The first-order valence-electron chi connectivity index (χ1n) is 6.21. The Kier molecular flexibility index (Phi) is 3.22. The average molecular weight is 226 g/mol. The van der Waals surface area contributed by atoms with Crippen molar-refractivity contribution in [1.82, 2.24) is 10.2 Å². The fraction of sp³-hybridized carbons (Fsp3) is 0.917. The van der Waals surface area contributed by atoms with E-state index in [1.165, 1.54) is 6.42 Å². The normalized spacial score (nSPS) is 29.3. The van der Waals surface area contributed by atoms with E-state index in [4.69, 9.17) is 5.11 Å². The quantitative estimate of drug-likeness (QED) is 0.744. The third kappa shape index (κ3) is 2.09. The summed E-state index contributed by atoms with van der Waals surface area (Å²) in [6.07, 6.45) is 1.50. The van der Waals surface area contributed by atoms with E-state index in [9.17, 15) is 4.79 Å². The molecule has 0 spiro atoms. The van der Waals surface area contributed by atoms with Gasteiger partial charge in [0, 0.05) is 19.6 Å². The van der Waals surface area contributed by atoms with Gasteiger partial charge in [-0.1, -0.05) is 13.8 Å². The first-order valence-corrected chi connectivity index (χ1v) is 6.21. The number of carboxylic acids is 1. The summed E-state index contributed by atoms with van der Waals surface area (Å²) in [7, 11) is 0. The van der Waals surface area contributed by atoms with Crippen molar-refractivity contribution in [2.24, 2.45) is 11.8 Å². The zero-order chi connectivity index (χ0) is 11.8. The van der Waals surface area contributed by atoms with Gasteiger partial charge in [-0.05, 0) is 24.8 Å². The molecule has 16 heavy (non-hydrogen) atoms. The predicted molar refractivity (Wildman–Crippen MR) is 62.4 cm³/mol. The second-order valence-corrected chi connectivity index (χ2v) is 5.64. The first kappa shape index (κ1) is 11.9. The van der Waals surface area contributed by atoms with Crippen LogP contribution in [0, 0.1) is 11.8 Å². The first-order chi connectivity index (χ1) is 7.53. The molecule has 0 radical (unpaired) electrons. The molecule has 2 aliphatic rings. The molecular formula is C12H22N2O2. The summed E-state index contributed by atoms with van der Waals surface area (Å²) < 4.78 is 0. The van der Waals surface area contributed by atoms with E-state index < -0.39 is 5.97 Å². The molecule has 2 heterocycles. The zero-order valence-corrected chi connectivity index (χ0v) is 10.2. The third-order valence-corrected chi connectivity index (χ3v) is 4.23. The van der Waals surface area contributed by atoms with Gasteiger partial charge in [0.2, 0.25) is 0 Å². The molecule has 92 valence electrons. The molecule has 0 aromatic carbocycles. The highest BCUT2D eigenvalue weighted by Crippen LogP contribution is 2.33. The second-order valence-electron chi connectivity index (χ2n) is 5.64. The molecule has 1 atom stereocenters. The summed E-state index contributed by atoms with van der Waals surface area (Å²) in [5, 5.41) is 12.2. The Morgan fingerprint density at radius 1 is 1.56 bits per heavy atom. The summed E-state index contributed by atoms with van der Waals surface area (Å²) in [6.45, 7) is 8.34. The molecule has 0 saturated carbocycles. The van der Waals surface area contributed by atoms with Crippen LogP contribution in [-0.4, -0.2) is 47.7 Å². The Morgan fingerprint density at radius 2 is 2.25 bits per heavy atom. The van der Waals surface area contributed by atoms with E-state index in [1.807, 2.05) is 0 Å². The summed E-state index contributed by atoms with van der Waals surface area (Å²) in [5.74, 6) is 0.778. The Labute approximate surface area is 97.0 Å². The molecule has 4 nitrogen and oxygen atoms in total. The van der Waals surface area contributed by atoms with Crippen molar-refractivity contribution in [2.75, 3.05) is 26.2 Å². The van der Waals surface area contributed by atoms with Gasteiger partial charge in [0.25, 0.3) is 0 Å².